The summed E-state index contributed by atoms with van der Waals surface area (Å²) in [6.07, 6.45) is 1.21. The number of imidazole rings is 1. The number of hydrogen-bond acceptors (Lipinski definition) is 2. The molecule has 26 heavy (non-hydrogen) atoms. The zero-order chi connectivity index (χ0) is 17.8. The number of carbonyl (C=O) groups excluding carboxylic acids is 1. The van der Waals surface area contributed by atoms with Crippen molar-refractivity contribution in [3.8, 4) is 11.4 Å². The van der Waals surface area contributed by atoms with Crippen molar-refractivity contribution in [3.05, 3.63) is 84.4 Å². The molecule has 4 aromatic rings. The first-order valence-electron chi connectivity index (χ1n) is 8.67. The third-order valence-corrected chi connectivity index (χ3v) is 4.32. The summed E-state index contributed by atoms with van der Waals surface area (Å²) < 4.78 is 0. The highest BCUT2D eigenvalue weighted by atomic mass is 16.1. The topological polar surface area (TPSA) is 57.8 Å². The van der Waals surface area contributed by atoms with Crippen LogP contribution in [0.2, 0.25) is 0 Å². The van der Waals surface area contributed by atoms with Crippen molar-refractivity contribution in [3.63, 3.8) is 0 Å². The number of H-pyrrole nitrogens is 1. The molecule has 0 fully saturated rings. The summed E-state index contributed by atoms with van der Waals surface area (Å²) in [6.45, 7) is 0. The first-order valence-corrected chi connectivity index (χ1v) is 8.67. The SMILES string of the molecule is O=C(CCc1ccccc1)Nc1ccc(-c2nc3ccccc3[nH]2)cc1. The van der Waals surface area contributed by atoms with E-state index in [4.69, 9.17) is 0 Å². The van der Waals surface area contributed by atoms with Crippen molar-refractivity contribution in [2.45, 2.75) is 12.8 Å². The standard InChI is InChI=1S/C22H19N3O/c26-21(15-10-16-6-2-1-3-7-16)23-18-13-11-17(12-14-18)22-24-19-8-4-5-9-20(19)25-22/h1-9,11-14H,10,15H2,(H,23,26)(H,24,25). The molecule has 4 rings (SSSR count). The molecule has 0 aliphatic rings. The van der Waals surface area contributed by atoms with Gasteiger partial charge in [0.15, 0.2) is 0 Å². The molecule has 0 spiro atoms. The van der Waals surface area contributed by atoms with Crippen LogP contribution in [0.5, 0.6) is 0 Å². The molecular formula is C22H19N3O. The molecular weight excluding hydrogens is 322 g/mol. The molecule has 1 heterocycles. The zero-order valence-electron chi connectivity index (χ0n) is 14.3. The molecule has 0 aliphatic heterocycles. The van der Waals surface area contributed by atoms with Gasteiger partial charge in [0.2, 0.25) is 5.91 Å². The van der Waals surface area contributed by atoms with Gasteiger partial charge in [-0.1, -0.05) is 42.5 Å². The molecule has 4 heteroatoms. The smallest absolute Gasteiger partial charge is 0.224 e. The molecule has 0 atom stereocenters. The van der Waals surface area contributed by atoms with Crippen molar-refractivity contribution in [2.75, 3.05) is 5.32 Å². The lowest BCUT2D eigenvalue weighted by molar-refractivity contribution is -0.116. The largest absolute Gasteiger partial charge is 0.338 e. The number of nitrogens with one attached hydrogen (secondary N) is 2. The molecule has 0 saturated carbocycles. The van der Waals surface area contributed by atoms with E-state index in [1.54, 1.807) is 0 Å². The molecule has 2 N–H and O–H groups in total. The average molecular weight is 341 g/mol. The molecule has 3 aromatic carbocycles. The van der Waals surface area contributed by atoms with Crippen molar-refractivity contribution >= 4 is 22.6 Å². The van der Waals surface area contributed by atoms with Gasteiger partial charge in [-0.2, -0.15) is 0 Å². The van der Waals surface area contributed by atoms with Crippen molar-refractivity contribution in [1.82, 2.24) is 9.97 Å². The highest BCUT2D eigenvalue weighted by molar-refractivity contribution is 5.91. The summed E-state index contributed by atoms with van der Waals surface area (Å²) in [5.41, 5.74) is 4.91. The molecule has 1 aromatic heterocycles. The number of carbonyl (C=O) groups is 1. The van der Waals surface area contributed by atoms with Crippen LogP contribution < -0.4 is 5.32 Å². The summed E-state index contributed by atoms with van der Waals surface area (Å²) in [6, 6.07) is 25.7. The van der Waals surface area contributed by atoms with Crippen LogP contribution in [0.1, 0.15) is 12.0 Å². The van der Waals surface area contributed by atoms with Crippen LogP contribution in [0.25, 0.3) is 22.4 Å². The lowest BCUT2D eigenvalue weighted by atomic mass is 10.1. The number of fused-ring (bicyclic) bond motifs is 1. The Labute approximate surface area is 151 Å². The Morgan fingerprint density at radius 3 is 2.38 bits per heavy atom. The number of rotatable bonds is 5. The second-order valence-corrected chi connectivity index (χ2v) is 6.21. The molecule has 0 aliphatic carbocycles. The molecule has 4 nitrogen and oxygen atoms in total. The van der Waals surface area contributed by atoms with E-state index in [9.17, 15) is 4.79 Å². The van der Waals surface area contributed by atoms with Crippen molar-refractivity contribution in [1.29, 1.82) is 0 Å². The fourth-order valence-electron chi connectivity index (χ4n) is 2.93. The minimum atomic E-state index is 0.0188. The number of hydrogen-bond donors (Lipinski definition) is 2. The van der Waals surface area contributed by atoms with Crippen LogP contribution in [0.3, 0.4) is 0 Å². The number of nitrogens with zero attached hydrogens (tertiary/aromatic N) is 1. The van der Waals surface area contributed by atoms with Crippen LogP contribution in [0.4, 0.5) is 5.69 Å². The van der Waals surface area contributed by atoms with E-state index in [0.717, 1.165) is 34.5 Å². The van der Waals surface area contributed by atoms with Crippen molar-refractivity contribution in [2.24, 2.45) is 0 Å². The highest BCUT2D eigenvalue weighted by Gasteiger charge is 2.06. The minimum Gasteiger partial charge on any atom is -0.338 e. The third kappa shape index (κ3) is 3.64. The summed E-state index contributed by atoms with van der Waals surface area (Å²) in [7, 11) is 0. The van der Waals surface area contributed by atoms with E-state index < -0.39 is 0 Å². The molecule has 0 unspecified atom stereocenters. The van der Waals surface area contributed by atoms with Gasteiger partial charge in [0.1, 0.15) is 5.82 Å². The molecule has 0 saturated heterocycles. The quantitative estimate of drug-likeness (QED) is 0.548. The van der Waals surface area contributed by atoms with Gasteiger partial charge >= 0.3 is 0 Å². The van der Waals surface area contributed by atoms with Crippen LogP contribution in [-0.2, 0) is 11.2 Å². The van der Waals surface area contributed by atoms with Gasteiger partial charge in [0.05, 0.1) is 11.0 Å². The van der Waals surface area contributed by atoms with Gasteiger partial charge < -0.3 is 10.3 Å². The van der Waals surface area contributed by atoms with Gasteiger partial charge in [-0.05, 0) is 48.4 Å². The Balaban J connectivity index is 1.40. The van der Waals surface area contributed by atoms with Crippen LogP contribution in [-0.4, -0.2) is 15.9 Å². The Hall–Kier alpha value is -3.40. The first kappa shape index (κ1) is 16.1. The van der Waals surface area contributed by atoms with Crippen LogP contribution in [0, 0.1) is 0 Å². The minimum absolute atomic E-state index is 0.0188. The Bertz CT molecular complexity index is 987. The molecule has 128 valence electrons. The highest BCUT2D eigenvalue weighted by Crippen LogP contribution is 2.22. The Kier molecular flexibility index (Phi) is 4.48. The number of para-hydroxylation sites is 2. The summed E-state index contributed by atoms with van der Waals surface area (Å²) in [5.74, 6) is 0.846. The maximum atomic E-state index is 12.1. The van der Waals surface area contributed by atoms with E-state index in [2.05, 4.69) is 15.3 Å². The van der Waals surface area contributed by atoms with E-state index in [0.29, 0.717) is 6.42 Å². The van der Waals surface area contributed by atoms with Crippen LogP contribution in [0.15, 0.2) is 78.9 Å². The molecule has 1 amide bonds. The number of aryl methyl sites for hydroxylation is 1. The number of anilines is 1. The van der Waals surface area contributed by atoms with Crippen LogP contribution >= 0.6 is 0 Å². The van der Waals surface area contributed by atoms with Crippen molar-refractivity contribution < 1.29 is 4.79 Å². The Morgan fingerprint density at radius 1 is 0.885 bits per heavy atom. The summed E-state index contributed by atoms with van der Waals surface area (Å²) in [5, 5.41) is 2.95. The summed E-state index contributed by atoms with van der Waals surface area (Å²) in [4.78, 5) is 20.0. The maximum absolute atomic E-state index is 12.1. The number of aromatic nitrogens is 2. The predicted octanol–water partition coefficient (Wildman–Crippen LogP) is 4.80. The maximum Gasteiger partial charge on any atom is 0.224 e. The number of benzene rings is 3. The lowest BCUT2D eigenvalue weighted by Gasteiger charge is -2.06. The molecule has 0 bridgehead atoms. The second kappa shape index (κ2) is 7.23. The fraction of sp³-hybridized carbons (Fsp3) is 0.0909. The summed E-state index contributed by atoms with van der Waals surface area (Å²) >= 11 is 0. The fourth-order valence-corrected chi connectivity index (χ4v) is 2.93. The van der Waals surface area contributed by atoms with E-state index in [1.165, 1.54) is 5.56 Å². The Morgan fingerprint density at radius 2 is 1.62 bits per heavy atom. The lowest BCUT2D eigenvalue weighted by Crippen LogP contribution is -2.12. The van der Waals surface area contributed by atoms with Gasteiger partial charge in [-0.25, -0.2) is 4.98 Å². The normalized spacial score (nSPS) is 10.8. The monoisotopic (exact) mass is 341 g/mol. The van der Waals surface area contributed by atoms with Gasteiger partial charge in [0, 0.05) is 17.7 Å². The first-order chi connectivity index (χ1) is 12.8. The van der Waals surface area contributed by atoms with Gasteiger partial charge in [0.25, 0.3) is 0 Å². The van der Waals surface area contributed by atoms with E-state index in [1.807, 2.05) is 78.9 Å². The predicted molar refractivity (Wildman–Crippen MR) is 105 cm³/mol. The van der Waals surface area contributed by atoms with E-state index in [-0.39, 0.29) is 5.91 Å². The average Bonchev–Trinajstić information content (AvgIpc) is 3.12. The van der Waals surface area contributed by atoms with Gasteiger partial charge in [-0.3, -0.25) is 4.79 Å². The third-order valence-electron chi connectivity index (χ3n) is 4.32. The van der Waals surface area contributed by atoms with Gasteiger partial charge in [-0.15, -0.1) is 0 Å². The number of amides is 1. The molecule has 0 radical (unpaired) electrons. The number of aromatic amines is 1. The van der Waals surface area contributed by atoms with E-state index >= 15 is 0 Å². The second-order valence-electron chi connectivity index (χ2n) is 6.21. The zero-order valence-corrected chi connectivity index (χ0v) is 14.3.